The summed E-state index contributed by atoms with van der Waals surface area (Å²) in [5.74, 6) is -0.183. The summed E-state index contributed by atoms with van der Waals surface area (Å²) < 4.78 is 39.0. The van der Waals surface area contributed by atoms with E-state index < -0.39 is 11.7 Å². The van der Waals surface area contributed by atoms with Gasteiger partial charge in [-0.15, -0.1) is 15.0 Å². The molecule has 1 heterocycles. The number of halogens is 3. The zero-order valence-corrected chi connectivity index (χ0v) is 16.1. The van der Waals surface area contributed by atoms with Crippen LogP contribution < -0.4 is 0 Å². The Morgan fingerprint density at radius 1 is 0.968 bits per heavy atom. The summed E-state index contributed by atoms with van der Waals surface area (Å²) in [6.45, 7) is -0.122. The highest BCUT2D eigenvalue weighted by Crippen LogP contribution is 2.32. The molecule has 4 aromatic rings. The number of aliphatic hydroxyl groups is 1. The van der Waals surface area contributed by atoms with Gasteiger partial charge in [0.25, 0.3) is 0 Å². The van der Waals surface area contributed by atoms with Crippen molar-refractivity contribution in [2.45, 2.75) is 12.6 Å². The molecular formula is C22H17F3N4O2. The lowest BCUT2D eigenvalue weighted by Crippen LogP contribution is -2.04. The highest BCUT2D eigenvalue weighted by molar-refractivity contribution is 5.87. The van der Waals surface area contributed by atoms with Gasteiger partial charge in [-0.3, -0.25) is 4.99 Å². The van der Waals surface area contributed by atoms with Crippen molar-refractivity contribution in [3.63, 3.8) is 0 Å². The van der Waals surface area contributed by atoms with Crippen molar-refractivity contribution in [1.82, 2.24) is 15.0 Å². The first kappa shape index (κ1) is 20.5. The molecule has 1 aromatic heterocycles. The first-order chi connectivity index (χ1) is 14.8. The Kier molecular flexibility index (Phi) is 5.43. The summed E-state index contributed by atoms with van der Waals surface area (Å²) >= 11 is 0. The van der Waals surface area contributed by atoms with Gasteiger partial charge < -0.3 is 10.2 Å². The van der Waals surface area contributed by atoms with Crippen molar-refractivity contribution in [3.8, 4) is 11.4 Å². The third-order valence-electron chi connectivity index (χ3n) is 4.61. The number of alkyl halides is 3. The van der Waals surface area contributed by atoms with Crippen molar-refractivity contribution in [2.24, 2.45) is 4.99 Å². The number of para-hydroxylation sites is 1. The normalized spacial score (nSPS) is 12.1. The molecule has 0 saturated heterocycles. The van der Waals surface area contributed by atoms with Crippen molar-refractivity contribution < 1.29 is 23.4 Å². The van der Waals surface area contributed by atoms with Crippen LogP contribution in [-0.2, 0) is 12.6 Å². The predicted molar refractivity (Wildman–Crippen MR) is 110 cm³/mol. The van der Waals surface area contributed by atoms with Crippen molar-refractivity contribution in [2.75, 3.05) is 6.61 Å². The zero-order valence-electron chi connectivity index (χ0n) is 16.1. The van der Waals surface area contributed by atoms with E-state index in [1.54, 1.807) is 24.3 Å². The average molecular weight is 426 g/mol. The van der Waals surface area contributed by atoms with Gasteiger partial charge in [0, 0.05) is 18.4 Å². The van der Waals surface area contributed by atoms with Gasteiger partial charge in [-0.25, -0.2) is 0 Å². The number of aromatic hydroxyl groups is 1. The van der Waals surface area contributed by atoms with Crippen LogP contribution in [0.25, 0.3) is 16.7 Å². The number of phenols is 1. The Morgan fingerprint density at radius 2 is 1.71 bits per heavy atom. The van der Waals surface area contributed by atoms with E-state index in [2.05, 4.69) is 15.2 Å². The van der Waals surface area contributed by atoms with Gasteiger partial charge in [-0.05, 0) is 54.4 Å². The molecule has 0 atom stereocenters. The summed E-state index contributed by atoms with van der Waals surface area (Å²) in [7, 11) is 0. The minimum atomic E-state index is -4.50. The quantitative estimate of drug-likeness (QED) is 0.463. The van der Waals surface area contributed by atoms with Gasteiger partial charge in [0.1, 0.15) is 16.7 Å². The van der Waals surface area contributed by atoms with Crippen LogP contribution in [0.1, 0.15) is 16.7 Å². The third-order valence-corrected chi connectivity index (χ3v) is 4.61. The lowest BCUT2D eigenvalue weighted by Gasteiger charge is -2.09. The number of phenolic OH excluding ortho intramolecular Hbond substituents is 1. The van der Waals surface area contributed by atoms with E-state index in [1.807, 2.05) is 18.2 Å². The zero-order chi connectivity index (χ0) is 22.0. The molecule has 9 heteroatoms. The second kappa shape index (κ2) is 8.19. The van der Waals surface area contributed by atoms with Gasteiger partial charge >= 0.3 is 6.18 Å². The molecule has 0 radical (unpaired) electrons. The molecular weight excluding hydrogens is 409 g/mol. The monoisotopic (exact) mass is 426 g/mol. The van der Waals surface area contributed by atoms with Crippen LogP contribution in [0.5, 0.6) is 5.75 Å². The molecule has 0 aliphatic rings. The smallest absolute Gasteiger partial charge is 0.416 e. The maximum absolute atomic E-state index is 13.0. The molecule has 0 saturated carbocycles. The SMILES string of the molecule is OCCc1cc(C=Nc2ccccc2)c(O)c(-n2nc3ccc(C(F)(F)F)cc3n2)c1. The van der Waals surface area contributed by atoms with Crippen LogP contribution in [0.4, 0.5) is 18.9 Å². The van der Waals surface area contributed by atoms with E-state index in [9.17, 15) is 23.4 Å². The highest BCUT2D eigenvalue weighted by atomic mass is 19.4. The number of rotatable bonds is 5. The number of hydrogen-bond acceptors (Lipinski definition) is 5. The number of aliphatic hydroxyl groups excluding tert-OH is 1. The van der Waals surface area contributed by atoms with E-state index in [0.29, 0.717) is 23.2 Å². The Balaban J connectivity index is 1.80. The maximum atomic E-state index is 13.0. The second-order valence-corrected chi connectivity index (χ2v) is 6.81. The fourth-order valence-corrected chi connectivity index (χ4v) is 3.08. The van der Waals surface area contributed by atoms with Crippen LogP contribution in [0.15, 0.2) is 65.7 Å². The number of fused-ring (bicyclic) bond motifs is 1. The Bertz CT molecular complexity index is 1250. The van der Waals surface area contributed by atoms with Gasteiger partial charge in [-0.2, -0.15) is 13.2 Å². The van der Waals surface area contributed by atoms with Crippen molar-refractivity contribution >= 4 is 22.9 Å². The molecule has 0 unspecified atom stereocenters. The molecule has 0 amide bonds. The molecule has 0 fully saturated rings. The molecule has 31 heavy (non-hydrogen) atoms. The summed E-state index contributed by atoms with van der Waals surface area (Å²) in [5, 5.41) is 28.4. The first-order valence-corrected chi connectivity index (χ1v) is 9.36. The van der Waals surface area contributed by atoms with Crippen LogP contribution in [0.2, 0.25) is 0 Å². The second-order valence-electron chi connectivity index (χ2n) is 6.81. The fourth-order valence-electron chi connectivity index (χ4n) is 3.08. The highest BCUT2D eigenvalue weighted by Gasteiger charge is 2.31. The van der Waals surface area contributed by atoms with E-state index in [-0.39, 0.29) is 29.1 Å². The van der Waals surface area contributed by atoms with Crippen LogP contribution in [0.3, 0.4) is 0 Å². The molecule has 0 aliphatic heterocycles. The van der Waals surface area contributed by atoms with Gasteiger partial charge in [0.2, 0.25) is 0 Å². The Labute approximate surface area is 174 Å². The summed E-state index contributed by atoms with van der Waals surface area (Å²) in [6.07, 6.45) is -2.72. The van der Waals surface area contributed by atoms with E-state index in [0.717, 1.165) is 16.9 Å². The number of nitrogens with zero attached hydrogens (tertiary/aromatic N) is 4. The topological polar surface area (TPSA) is 83.5 Å². The molecule has 6 nitrogen and oxygen atoms in total. The first-order valence-electron chi connectivity index (χ1n) is 9.36. The van der Waals surface area contributed by atoms with Gasteiger partial charge in [0.05, 0.1) is 11.3 Å². The summed E-state index contributed by atoms with van der Waals surface area (Å²) in [6, 6.07) is 15.4. The average Bonchev–Trinajstić information content (AvgIpc) is 3.17. The van der Waals surface area contributed by atoms with Crippen LogP contribution >= 0.6 is 0 Å². The summed E-state index contributed by atoms with van der Waals surface area (Å²) in [5.41, 5.74) is 1.36. The Hall–Kier alpha value is -3.72. The van der Waals surface area contributed by atoms with Gasteiger partial charge in [0.15, 0.2) is 5.75 Å². The number of aromatic nitrogens is 3. The van der Waals surface area contributed by atoms with Crippen LogP contribution in [0, 0.1) is 0 Å². The van der Waals surface area contributed by atoms with E-state index in [4.69, 9.17) is 0 Å². The molecule has 0 spiro atoms. The minimum absolute atomic E-state index is 0.0429. The third kappa shape index (κ3) is 4.41. The van der Waals surface area contributed by atoms with Crippen molar-refractivity contribution in [1.29, 1.82) is 0 Å². The standard InChI is InChI=1S/C22H17F3N4O2/c23-22(24,25)16-6-7-18-19(12-16)28-29(27-18)20-11-14(8-9-30)10-15(21(20)31)13-26-17-4-2-1-3-5-17/h1-7,10-13,30-31H,8-9H2. The van der Waals surface area contributed by atoms with E-state index in [1.165, 1.54) is 12.3 Å². The fraction of sp³-hybridized carbons (Fsp3) is 0.136. The lowest BCUT2D eigenvalue weighted by molar-refractivity contribution is -0.137. The number of hydrogen-bond donors (Lipinski definition) is 2. The molecule has 3 aromatic carbocycles. The van der Waals surface area contributed by atoms with E-state index >= 15 is 0 Å². The predicted octanol–water partition coefficient (Wildman–Crippen LogP) is 4.43. The largest absolute Gasteiger partial charge is 0.505 e. The summed E-state index contributed by atoms with van der Waals surface area (Å²) in [4.78, 5) is 5.42. The molecule has 0 bridgehead atoms. The molecule has 0 aliphatic carbocycles. The Morgan fingerprint density at radius 3 is 2.42 bits per heavy atom. The van der Waals surface area contributed by atoms with Crippen molar-refractivity contribution in [3.05, 3.63) is 77.4 Å². The molecule has 4 rings (SSSR count). The minimum Gasteiger partial charge on any atom is -0.505 e. The molecule has 2 N–H and O–H groups in total. The number of aliphatic imine (C=N–C) groups is 1. The molecule has 158 valence electrons. The number of benzene rings is 3. The maximum Gasteiger partial charge on any atom is 0.416 e. The van der Waals surface area contributed by atoms with Gasteiger partial charge in [-0.1, -0.05) is 18.2 Å². The van der Waals surface area contributed by atoms with Crippen LogP contribution in [-0.4, -0.2) is 38.0 Å². The lowest BCUT2D eigenvalue weighted by atomic mass is 10.1.